The molecule has 0 saturated heterocycles. The van der Waals surface area contributed by atoms with E-state index < -0.39 is 5.97 Å². The highest BCUT2D eigenvalue weighted by Crippen LogP contribution is 2.38. The maximum Gasteiger partial charge on any atom is 0.340 e. The highest BCUT2D eigenvalue weighted by molar-refractivity contribution is 6.35. The molecule has 5 heteroatoms. The Bertz CT molecular complexity index is 837. The number of aromatic carboxylic acids is 1. The topological polar surface area (TPSA) is 59.7 Å². The summed E-state index contributed by atoms with van der Waals surface area (Å²) in [6, 6.07) is 12.9. The summed E-state index contributed by atoms with van der Waals surface area (Å²) in [6.45, 7) is 1.93. The summed E-state index contributed by atoms with van der Waals surface area (Å²) < 4.78 is 11.3. The summed E-state index contributed by atoms with van der Waals surface area (Å²) in [4.78, 5) is 11.5. The van der Waals surface area contributed by atoms with Crippen LogP contribution in [0.15, 0.2) is 46.9 Å². The molecule has 0 aliphatic carbocycles. The van der Waals surface area contributed by atoms with E-state index in [0.29, 0.717) is 34.1 Å². The molecule has 0 spiro atoms. The number of halogens is 1. The van der Waals surface area contributed by atoms with Crippen molar-refractivity contribution in [3.8, 4) is 5.75 Å². The standard InChI is InChI=1S/C17H13ClO4/c1-10-14(17(19)20)15-13(8-7-12(18)16(15)22-10)21-9-11-5-3-2-4-6-11/h2-8H,9H2,1H3,(H,19,20). The van der Waals surface area contributed by atoms with E-state index in [0.717, 1.165) is 5.56 Å². The minimum Gasteiger partial charge on any atom is -0.488 e. The fraction of sp³-hybridized carbons (Fsp3) is 0.118. The van der Waals surface area contributed by atoms with Crippen LogP contribution < -0.4 is 4.74 Å². The van der Waals surface area contributed by atoms with Crippen molar-refractivity contribution in [3.05, 3.63) is 64.4 Å². The van der Waals surface area contributed by atoms with Crippen LogP contribution in [0.4, 0.5) is 0 Å². The van der Waals surface area contributed by atoms with Gasteiger partial charge >= 0.3 is 5.97 Å². The number of aryl methyl sites for hydroxylation is 1. The van der Waals surface area contributed by atoms with E-state index in [1.165, 1.54) is 0 Å². The lowest BCUT2D eigenvalue weighted by atomic mass is 10.1. The van der Waals surface area contributed by atoms with Crippen LogP contribution in [-0.4, -0.2) is 11.1 Å². The SMILES string of the molecule is Cc1oc2c(Cl)ccc(OCc3ccccc3)c2c1C(=O)O. The molecule has 0 atom stereocenters. The summed E-state index contributed by atoms with van der Waals surface area (Å²) in [7, 11) is 0. The maximum atomic E-state index is 11.5. The van der Waals surface area contributed by atoms with Gasteiger partial charge in [-0.15, -0.1) is 0 Å². The Morgan fingerprint density at radius 1 is 1.23 bits per heavy atom. The van der Waals surface area contributed by atoms with Crippen molar-refractivity contribution in [1.29, 1.82) is 0 Å². The quantitative estimate of drug-likeness (QED) is 0.759. The zero-order valence-electron chi connectivity index (χ0n) is 11.8. The number of fused-ring (bicyclic) bond motifs is 1. The summed E-state index contributed by atoms with van der Waals surface area (Å²) in [5, 5.41) is 10.2. The Hall–Kier alpha value is -2.46. The molecule has 112 valence electrons. The lowest BCUT2D eigenvalue weighted by Crippen LogP contribution is -2.00. The van der Waals surface area contributed by atoms with Crippen molar-refractivity contribution in [3.63, 3.8) is 0 Å². The van der Waals surface area contributed by atoms with Crippen molar-refractivity contribution in [2.45, 2.75) is 13.5 Å². The van der Waals surface area contributed by atoms with Gasteiger partial charge in [0.25, 0.3) is 0 Å². The molecule has 0 aliphatic heterocycles. The van der Waals surface area contributed by atoms with Crippen LogP contribution in [0.2, 0.25) is 5.02 Å². The summed E-state index contributed by atoms with van der Waals surface area (Å²) in [5.74, 6) is -0.319. The molecule has 0 saturated carbocycles. The normalized spacial score (nSPS) is 10.8. The third-order valence-corrected chi connectivity index (χ3v) is 3.68. The van der Waals surface area contributed by atoms with Gasteiger partial charge in [0.2, 0.25) is 0 Å². The lowest BCUT2D eigenvalue weighted by Gasteiger charge is -2.08. The summed E-state index contributed by atoms with van der Waals surface area (Å²) >= 11 is 6.09. The van der Waals surface area contributed by atoms with E-state index >= 15 is 0 Å². The Balaban J connectivity index is 2.06. The molecule has 22 heavy (non-hydrogen) atoms. The zero-order chi connectivity index (χ0) is 15.7. The average molecular weight is 317 g/mol. The first-order chi connectivity index (χ1) is 10.6. The highest BCUT2D eigenvalue weighted by atomic mass is 35.5. The first-order valence-corrected chi connectivity index (χ1v) is 7.07. The van der Waals surface area contributed by atoms with E-state index in [-0.39, 0.29) is 5.56 Å². The molecule has 3 rings (SSSR count). The fourth-order valence-corrected chi connectivity index (χ4v) is 2.57. The van der Waals surface area contributed by atoms with Crippen LogP contribution in [0.1, 0.15) is 21.7 Å². The average Bonchev–Trinajstić information content (AvgIpc) is 2.86. The van der Waals surface area contributed by atoms with Crippen LogP contribution in [0.3, 0.4) is 0 Å². The Morgan fingerprint density at radius 3 is 2.64 bits per heavy atom. The van der Waals surface area contributed by atoms with E-state index in [9.17, 15) is 9.90 Å². The maximum absolute atomic E-state index is 11.5. The number of carboxylic acids is 1. The van der Waals surface area contributed by atoms with Crippen LogP contribution in [-0.2, 0) is 6.61 Å². The van der Waals surface area contributed by atoms with Gasteiger partial charge in [0.1, 0.15) is 23.7 Å². The van der Waals surface area contributed by atoms with Gasteiger partial charge in [-0.2, -0.15) is 0 Å². The third-order valence-electron chi connectivity index (χ3n) is 3.38. The Kier molecular flexibility index (Phi) is 3.77. The molecule has 0 aliphatic rings. The van der Waals surface area contributed by atoms with Crippen molar-refractivity contribution in [2.24, 2.45) is 0 Å². The third kappa shape index (κ3) is 2.53. The highest BCUT2D eigenvalue weighted by Gasteiger charge is 2.22. The number of carbonyl (C=O) groups is 1. The summed E-state index contributed by atoms with van der Waals surface area (Å²) in [6.07, 6.45) is 0. The van der Waals surface area contributed by atoms with Gasteiger partial charge in [0.15, 0.2) is 5.58 Å². The second-order valence-electron chi connectivity index (χ2n) is 4.86. The van der Waals surface area contributed by atoms with E-state index in [4.69, 9.17) is 20.8 Å². The smallest absolute Gasteiger partial charge is 0.340 e. The van der Waals surface area contributed by atoms with Gasteiger partial charge in [-0.05, 0) is 24.6 Å². The molecule has 1 N–H and O–H groups in total. The Morgan fingerprint density at radius 2 is 1.95 bits per heavy atom. The van der Waals surface area contributed by atoms with E-state index in [2.05, 4.69) is 0 Å². The van der Waals surface area contributed by atoms with Crippen LogP contribution in [0, 0.1) is 6.92 Å². The second kappa shape index (κ2) is 5.73. The molecule has 4 nitrogen and oxygen atoms in total. The van der Waals surface area contributed by atoms with Crippen LogP contribution in [0.25, 0.3) is 11.0 Å². The van der Waals surface area contributed by atoms with Crippen molar-refractivity contribution in [2.75, 3.05) is 0 Å². The number of furan rings is 1. The largest absolute Gasteiger partial charge is 0.488 e. The molecule has 0 fully saturated rings. The molecule has 3 aromatic rings. The van der Waals surface area contributed by atoms with E-state index in [1.54, 1.807) is 19.1 Å². The van der Waals surface area contributed by atoms with Gasteiger partial charge in [0.05, 0.1) is 10.4 Å². The first kappa shape index (κ1) is 14.5. The van der Waals surface area contributed by atoms with Gasteiger partial charge in [-0.1, -0.05) is 41.9 Å². The fourth-order valence-electron chi connectivity index (χ4n) is 2.37. The summed E-state index contributed by atoms with van der Waals surface area (Å²) in [5.41, 5.74) is 1.41. The van der Waals surface area contributed by atoms with Crippen LogP contribution in [0.5, 0.6) is 5.75 Å². The molecule has 1 aromatic heterocycles. The van der Waals surface area contributed by atoms with Crippen molar-refractivity contribution in [1.82, 2.24) is 0 Å². The van der Waals surface area contributed by atoms with Crippen molar-refractivity contribution < 1.29 is 19.1 Å². The number of benzene rings is 2. The molecule has 2 aromatic carbocycles. The number of hydrogen-bond acceptors (Lipinski definition) is 3. The number of hydrogen-bond donors (Lipinski definition) is 1. The van der Waals surface area contributed by atoms with E-state index in [1.807, 2.05) is 30.3 Å². The number of ether oxygens (including phenoxy) is 1. The number of carboxylic acid groups (broad SMARTS) is 1. The Labute approximate surface area is 131 Å². The molecule has 0 radical (unpaired) electrons. The van der Waals surface area contributed by atoms with Gasteiger partial charge in [-0.3, -0.25) is 0 Å². The zero-order valence-corrected chi connectivity index (χ0v) is 12.6. The van der Waals surface area contributed by atoms with Crippen LogP contribution >= 0.6 is 11.6 Å². The monoisotopic (exact) mass is 316 g/mol. The molecular weight excluding hydrogens is 304 g/mol. The lowest BCUT2D eigenvalue weighted by molar-refractivity contribution is 0.0696. The molecular formula is C17H13ClO4. The minimum absolute atomic E-state index is 0.0839. The predicted molar refractivity (Wildman–Crippen MR) is 83.7 cm³/mol. The molecule has 0 unspecified atom stereocenters. The first-order valence-electron chi connectivity index (χ1n) is 6.69. The minimum atomic E-state index is -1.07. The second-order valence-corrected chi connectivity index (χ2v) is 5.27. The van der Waals surface area contributed by atoms with Gasteiger partial charge in [0, 0.05) is 0 Å². The molecule has 0 amide bonds. The van der Waals surface area contributed by atoms with Gasteiger partial charge in [-0.25, -0.2) is 4.79 Å². The molecule has 1 heterocycles. The van der Waals surface area contributed by atoms with Gasteiger partial charge < -0.3 is 14.3 Å². The molecule has 0 bridgehead atoms. The number of rotatable bonds is 4. The van der Waals surface area contributed by atoms with Crippen molar-refractivity contribution >= 4 is 28.5 Å². The predicted octanol–water partition coefficient (Wildman–Crippen LogP) is 4.67.